The summed E-state index contributed by atoms with van der Waals surface area (Å²) in [6, 6.07) is 7.98. The Kier molecular flexibility index (Phi) is 6.06. The maximum atomic E-state index is 13.2. The Morgan fingerprint density at radius 2 is 2.03 bits per heavy atom. The number of benzene rings is 1. The molecule has 0 aliphatic carbocycles. The lowest BCUT2D eigenvalue weighted by molar-refractivity contribution is -0.128. The fourth-order valence-electron chi connectivity index (χ4n) is 4.07. The maximum Gasteiger partial charge on any atom is 0.231 e. The van der Waals surface area contributed by atoms with E-state index in [0.29, 0.717) is 12.4 Å². The summed E-state index contributed by atoms with van der Waals surface area (Å²) < 4.78 is 12.6. The number of pyridine rings is 1. The number of nitrogens with one attached hydrogen (secondary N) is 1. The quantitative estimate of drug-likeness (QED) is 0.629. The van der Waals surface area contributed by atoms with Crippen LogP contribution < -0.4 is 5.32 Å². The molecule has 0 unspecified atom stereocenters. The molecule has 1 aliphatic heterocycles. The van der Waals surface area contributed by atoms with Gasteiger partial charge in [0.25, 0.3) is 0 Å². The number of hydrogen-bond donors (Lipinski definition) is 1. The first-order valence-corrected chi connectivity index (χ1v) is 11.1. The standard InChI is InChI=1S/C22H26FN5OS/c1-3-22(6-9-28(10-7-22)11-8-23)21(29)25-19-13-18-12-16(4-5-17(18)14-24-19)20-27-26-15(2)30-20/h4-5,12-14H,3,6-11H2,1-2H3,(H,24,25,29). The van der Waals surface area contributed by atoms with E-state index in [9.17, 15) is 9.18 Å². The van der Waals surface area contributed by atoms with Crippen LogP contribution in [0.15, 0.2) is 30.5 Å². The van der Waals surface area contributed by atoms with Crippen molar-refractivity contribution < 1.29 is 9.18 Å². The summed E-state index contributed by atoms with van der Waals surface area (Å²) in [6.45, 7) is 5.59. The fourth-order valence-corrected chi connectivity index (χ4v) is 4.76. The second-order valence-electron chi connectivity index (χ2n) is 7.88. The van der Waals surface area contributed by atoms with Crippen molar-refractivity contribution in [3.8, 4) is 10.6 Å². The Bertz CT molecular complexity index is 1040. The van der Waals surface area contributed by atoms with E-state index in [1.165, 1.54) is 0 Å². The zero-order valence-corrected chi connectivity index (χ0v) is 18.1. The number of fused-ring (bicyclic) bond motifs is 1. The second kappa shape index (κ2) is 8.73. The smallest absolute Gasteiger partial charge is 0.231 e. The molecule has 158 valence electrons. The lowest BCUT2D eigenvalue weighted by atomic mass is 9.75. The van der Waals surface area contributed by atoms with Crippen LogP contribution in [-0.2, 0) is 4.79 Å². The molecule has 1 N–H and O–H groups in total. The Morgan fingerprint density at radius 1 is 1.23 bits per heavy atom. The predicted octanol–water partition coefficient (Wildman–Crippen LogP) is 4.46. The molecule has 2 aromatic heterocycles. The summed E-state index contributed by atoms with van der Waals surface area (Å²) >= 11 is 1.55. The predicted molar refractivity (Wildman–Crippen MR) is 118 cm³/mol. The molecule has 0 atom stereocenters. The molecule has 0 bridgehead atoms. The van der Waals surface area contributed by atoms with E-state index >= 15 is 0 Å². The number of piperidine rings is 1. The minimum Gasteiger partial charge on any atom is -0.310 e. The van der Waals surface area contributed by atoms with Gasteiger partial charge in [-0.25, -0.2) is 9.37 Å². The molecule has 6 nitrogen and oxygen atoms in total. The number of anilines is 1. The van der Waals surface area contributed by atoms with Crippen molar-refractivity contribution in [1.29, 1.82) is 0 Å². The van der Waals surface area contributed by atoms with Gasteiger partial charge in [0.05, 0.1) is 5.41 Å². The SMILES string of the molecule is CCC1(C(=O)Nc2cc3cc(-c4nnc(C)s4)ccc3cn2)CCN(CCF)CC1. The van der Waals surface area contributed by atoms with E-state index in [0.717, 1.165) is 58.7 Å². The van der Waals surface area contributed by atoms with Crippen molar-refractivity contribution in [2.45, 2.75) is 33.1 Å². The van der Waals surface area contributed by atoms with Crippen molar-refractivity contribution in [3.05, 3.63) is 35.5 Å². The highest BCUT2D eigenvalue weighted by Gasteiger charge is 2.39. The van der Waals surface area contributed by atoms with Gasteiger partial charge in [-0.15, -0.1) is 10.2 Å². The normalized spacial score (nSPS) is 16.6. The van der Waals surface area contributed by atoms with E-state index in [2.05, 4.69) is 38.4 Å². The molecule has 1 aromatic carbocycles. The molecule has 30 heavy (non-hydrogen) atoms. The molecule has 4 rings (SSSR count). The van der Waals surface area contributed by atoms with Crippen LogP contribution in [0, 0.1) is 12.3 Å². The van der Waals surface area contributed by atoms with Gasteiger partial charge >= 0.3 is 0 Å². The van der Waals surface area contributed by atoms with Gasteiger partial charge < -0.3 is 10.2 Å². The topological polar surface area (TPSA) is 71.0 Å². The number of aromatic nitrogens is 3. The molecule has 1 saturated heterocycles. The average molecular weight is 428 g/mol. The molecule has 0 radical (unpaired) electrons. The van der Waals surface area contributed by atoms with Crippen LogP contribution in [-0.4, -0.2) is 52.3 Å². The van der Waals surface area contributed by atoms with E-state index in [1.807, 2.05) is 25.1 Å². The van der Waals surface area contributed by atoms with Crippen LogP contribution in [0.1, 0.15) is 31.2 Å². The van der Waals surface area contributed by atoms with Crippen molar-refractivity contribution in [2.75, 3.05) is 31.6 Å². The highest BCUT2D eigenvalue weighted by atomic mass is 32.1. The number of aryl methyl sites for hydroxylation is 1. The van der Waals surface area contributed by atoms with Crippen molar-refractivity contribution in [1.82, 2.24) is 20.1 Å². The van der Waals surface area contributed by atoms with Gasteiger partial charge in [0.15, 0.2) is 0 Å². The molecular weight excluding hydrogens is 401 g/mol. The monoisotopic (exact) mass is 427 g/mol. The van der Waals surface area contributed by atoms with Crippen LogP contribution in [0.4, 0.5) is 10.2 Å². The summed E-state index contributed by atoms with van der Waals surface area (Å²) in [5, 5.41) is 15.1. The molecule has 1 amide bonds. The van der Waals surface area contributed by atoms with Crippen LogP contribution in [0.25, 0.3) is 21.3 Å². The van der Waals surface area contributed by atoms with Gasteiger partial charge in [-0.1, -0.05) is 30.4 Å². The summed E-state index contributed by atoms with van der Waals surface area (Å²) in [4.78, 5) is 19.7. The Balaban J connectivity index is 1.53. The lowest BCUT2D eigenvalue weighted by Gasteiger charge is -2.39. The molecule has 1 fully saturated rings. The third kappa shape index (κ3) is 4.20. The molecule has 3 aromatic rings. The third-order valence-corrected chi connectivity index (χ3v) is 7.00. The number of alkyl halides is 1. The van der Waals surface area contributed by atoms with Crippen LogP contribution in [0.3, 0.4) is 0 Å². The minimum atomic E-state index is -0.421. The summed E-state index contributed by atoms with van der Waals surface area (Å²) in [5.74, 6) is 0.560. The Morgan fingerprint density at radius 3 is 2.70 bits per heavy atom. The first kappa shape index (κ1) is 20.8. The Labute approximate surface area is 179 Å². The number of carbonyl (C=O) groups is 1. The van der Waals surface area contributed by atoms with Crippen molar-refractivity contribution in [3.63, 3.8) is 0 Å². The van der Waals surface area contributed by atoms with Gasteiger partial charge in [0, 0.05) is 23.7 Å². The van der Waals surface area contributed by atoms with E-state index in [-0.39, 0.29) is 12.6 Å². The number of hydrogen-bond acceptors (Lipinski definition) is 6. The van der Waals surface area contributed by atoms with Gasteiger partial charge in [-0.05, 0) is 56.8 Å². The average Bonchev–Trinajstić information content (AvgIpc) is 3.20. The highest BCUT2D eigenvalue weighted by molar-refractivity contribution is 7.14. The fraction of sp³-hybridized carbons (Fsp3) is 0.455. The third-order valence-electron chi connectivity index (χ3n) is 6.11. The summed E-state index contributed by atoms with van der Waals surface area (Å²) in [6.07, 6.45) is 4.02. The molecule has 0 saturated carbocycles. The van der Waals surface area contributed by atoms with E-state index in [4.69, 9.17) is 0 Å². The first-order valence-electron chi connectivity index (χ1n) is 10.3. The van der Waals surface area contributed by atoms with Gasteiger partial charge in [-0.3, -0.25) is 4.79 Å². The number of likely N-dealkylation sites (tertiary alicyclic amines) is 1. The van der Waals surface area contributed by atoms with Gasteiger partial charge in [0.2, 0.25) is 5.91 Å². The van der Waals surface area contributed by atoms with Gasteiger partial charge in [-0.2, -0.15) is 0 Å². The van der Waals surface area contributed by atoms with E-state index < -0.39 is 5.41 Å². The van der Waals surface area contributed by atoms with Crippen molar-refractivity contribution >= 4 is 33.8 Å². The molecule has 8 heteroatoms. The van der Waals surface area contributed by atoms with E-state index in [1.54, 1.807) is 17.5 Å². The number of carbonyl (C=O) groups excluding carboxylic acids is 1. The van der Waals surface area contributed by atoms with Crippen molar-refractivity contribution in [2.24, 2.45) is 5.41 Å². The number of rotatable bonds is 6. The zero-order chi connectivity index (χ0) is 21.1. The zero-order valence-electron chi connectivity index (χ0n) is 17.3. The van der Waals surface area contributed by atoms with Crippen LogP contribution in [0.5, 0.6) is 0 Å². The minimum absolute atomic E-state index is 0.00708. The summed E-state index contributed by atoms with van der Waals surface area (Å²) in [7, 11) is 0. The second-order valence-corrected chi connectivity index (χ2v) is 9.06. The molecular formula is C22H26FN5OS. The number of nitrogens with zero attached hydrogens (tertiary/aromatic N) is 4. The number of amides is 1. The van der Waals surface area contributed by atoms with Crippen LogP contribution >= 0.6 is 11.3 Å². The number of halogens is 1. The first-order chi connectivity index (χ1) is 14.5. The highest BCUT2D eigenvalue weighted by Crippen LogP contribution is 2.36. The maximum absolute atomic E-state index is 13.2. The van der Waals surface area contributed by atoms with Crippen LogP contribution in [0.2, 0.25) is 0 Å². The molecule has 1 aliphatic rings. The largest absolute Gasteiger partial charge is 0.310 e. The lowest BCUT2D eigenvalue weighted by Crippen LogP contribution is -2.46. The van der Waals surface area contributed by atoms with Gasteiger partial charge in [0.1, 0.15) is 22.5 Å². The molecule has 3 heterocycles. The molecule has 0 spiro atoms. The summed E-state index contributed by atoms with van der Waals surface area (Å²) in [5.41, 5.74) is 0.580. The Hall–Kier alpha value is -2.45.